The van der Waals surface area contributed by atoms with Crippen molar-refractivity contribution in [2.45, 2.75) is 52.0 Å². The summed E-state index contributed by atoms with van der Waals surface area (Å²) in [4.78, 5) is 11.1. The summed E-state index contributed by atoms with van der Waals surface area (Å²) in [5, 5.41) is 4.58. The predicted molar refractivity (Wildman–Crippen MR) is 164 cm³/mol. The third-order valence-electron chi connectivity index (χ3n) is 7.65. The van der Waals surface area contributed by atoms with Crippen LogP contribution in [0.25, 0.3) is 16.8 Å². The molecule has 1 aliphatic heterocycles. The van der Waals surface area contributed by atoms with Crippen LogP contribution < -0.4 is 10.6 Å². The molecule has 5 rings (SSSR count). The van der Waals surface area contributed by atoms with Crippen molar-refractivity contribution in [2.75, 3.05) is 36.6 Å². The molecule has 3 atom stereocenters. The number of hydrogen-bond acceptors (Lipinski definition) is 9. The number of rotatable bonds is 11. The Hall–Kier alpha value is -3.52. The first-order valence-electron chi connectivity index (χ1n) is 14.6. The number of piperidine rings is 1. The highest BCUT2D eigenvalue weighted by Crippen LogP contribution is 2.30. The topological polar surface area (TPSA) is 125 Å². The van der Waals surface area contributed by atoms with E-state index < -0.39 is 21.5 Å². The van der Waals surface area contributed by atoms with Gasteiger partial charge in [0, 0.05) is 61.4 Å². The molecular weight excluding hydrogens is 590 g/mol. The number of imidazole rings is 1. The maximum absolute atomic E-state index is 15.1. The van der Waals surface area contributed by atoms with Crippen molar-refractivity contribution in [3.05, 3.63) is 77.5 Å². The summed E-state index contributed by atoms with van der Waals surface area (Å²) in [6.45, 7) is 7.12. The third-order valence-corrected chi connectivity index (χ3v) is 8.56. The third kappa shape index (κ3) is 7.40. The lowest BCUT2D eigenvalue weighted by molar-refractivity contribution is 0.00179. The molecule has 13 heteroatoms. The molecule has 2 N–H and O–H groups in total. The first-order chi connectivity index (χ1) is 20.9. The van der Waals surface area contributed by atoms with E-state index in [2.05, 4.69) is 20.0 Å². The van der Waals surface area contributed by atoms with Gasteiger partial charge in [-0.05, 0) is 49.7 Å². The fourth-order valence-corrected chi connectivity index (χ4v) is 5.96. The molecule has 0 aliphatic carbocycles. The summed E-state index contributed by atoms with van der Waals surface area (Å²) < 4.78 is 66.3. The van der Waals surface area contributed by atoms with Crippen LogP contribution in [0.15, 0.2) is 48.9 Å². The van der Waals surface area contributed by atoms with Crippen molar-refractivity contribution in [3.8, 4) is 11.3 Å². The van der Waals surface area contributed by atoms with E-state index in [0.717, 1.165) is 11.3 Å². The van der Waals surface area contributed by atoms with Crippen molar-refractivity contribution < 1.29 is 26.7 Å². The van der Waals surface area contributed by atoms with Gasteiger partial charge in [-0.15, -0.1) is 0 Å². The molecule has 0 unspecified atom stereocenters. The van der Waals surface area contributed by atoms with Crippen LogP contribution in [0.5, 0.6) is 0 Å². The van der Waals surface area contributed by atoms with Gasteiger partial charge in [-0.1, -0.05) is 6.92 Å². The standard InChI is InChI=1S/C31H38F2N6O4S/c1-19(2)43-18-21-11-24(32)30(25(33)12-21)27-6-5-23-15-36-29(39(23)37-27)13-22-14-35-8-7-28(22)38-16-20(3)31(26(34)17-38)42-9-10-44(4,40)41/h5-8,11-12,14-15,19-20,26,31H,9-10,13,16-18,34H2,1-4H3/t20-,26+,31-/m0/s1. The SMILES string of the molecule is CC(C)OCc1cc(F)c(-c2ccc3cnc(Cc4cnccc4N4C[C@@H](N)[C@@H](OCCS(C)(=O)=O)[C@@H](C)C4)n3n2)c(F)c1. The molecule has 0 radical (unpaired) electrons. The molecule has 0 spiro atoms. The number of ether oxygens (including phenoxy) is 2. The van der Waals surface area contributed by atoms with E-state index in [-0.39, 0.29) is 54.4 Å². The van der Waals surface area contributed by atoms with Crippen LogP contribution >= 0.6 is 0 Å². The number of hydrogen-bond donors (Lipinski definition) is 1. The Morgan fingerprint density at radius 1 is 1.11 bits per heavy atom. The van der Waals surface area contributed by atoms with Crippen LogP contribution in [0.2, 0.25) is 0 Å². The van der Waals surface area contributed by atoms with E-state index in [9.17, 15) is 8.42 Å². The second-order valence-electron chi connectivity index (χ2n) is 11.7. The van der Waals surface area contributed by atoms with Gasteiger partial charge in [0.05, 0.1) is 54.1 Å². The van der Waals surface area contributed by atoms with Crippen LogP contribution in [0.1, 0.15) is 37.7 Å². The number of aromatic nitrogens is 4. The number of sulfone groups is 1. The molecule has 1 aromatic carbocycles. The van der Waals surface area contributed by atoms with Crippen molar-refractivity contribution in [3.63, 3.8) is 0 Å². The zero-order chi connectivity index (χ0) is 31.6. The summed E-state index contributed by atoms with van der Waals surface area (Å²) in [5.74, 6) is -0.860. The van der Waals surface area contributed by atoms with Crippen LogP contribution in [0.4, 0.5) is 14.5 Å². The first kappa shape index (κ1) is 31.9. The van der Waals surface area contributed by atoms with Gasteiger partial charge in [-0.2, -0.15) is 5.10 Å². The fraction of sp³-hybridized carbons (Fsp3) is 0.452. The average Bonchev–Trinajstić information content (AvgIpc) is 3.34. The highest BCUT2D eigenvalue weighted by Gasteiger charge is 2.34. The molecule has 1 fully saturated rings. The van der Waals surface area contributed by atoms with E-state index in [4.69, 9.17) is 15.2 Å². The Kier molecular flexibility index (Phi) is 9.59. The minimum absolute atomic E-state index is 0.0453. The van der Waals surface area contributed by atoms with E-state index in [1.807, 2.05) is 26.8 Å². The number of halogens is 2. The minimum Gasteiger partial charge on any atom is -0.375 e. The normalized spacial score (nSPS) is 19.3. The summed E-state index contributed by atoms with van der Waals surface area (Å²) in [6, 6.07) is 7.44. The molecule has 1 aliphatic rings. The van der Waals surface area contributed by atoms with Crippen molar-refractivity contribution in [1.82, 2.24) is 19.6 Å². The highest BCUT2D eigenvalue weighted by atomic mass is 32.2. The van der Waals surface area contributed by atoms with Crippen LogP contribution in [0, 0.1) is 17.6 Å². The van der Waals surface area contributed by atoms with E-state index >= 15 is 8.78 Å². The Bertz CT molecular complexity index is 1700. The fourth-order valence-electron chi connectivity index (χ4n) is 5.57. The number of fused-ring (bicyclic) bond motifs is 1. The molecule has 0 amide bonds. The molecule has 4 aromatic rings. The van der Waals surface area contributed by atoms with Gasteiger partial charge in [0.15, 0.2) is 0 Å². The van der Waals surface area contributed by atoms with Gasteiger partial charge in [0.25, 0.3) is 0 Å². The molecular formula is C31H38F2N6O4S. The lowest BCUT2D eigenvalue weighted by Crippen LogP contribution is -2.57. The Morgan fingerprint density at radius 2 is 1.86 bits per heavy atom. The molecule has 0 bridgehead atoms. The number of anilines is 1. The zero-order valence-corrected chi connectivity index (χ0v) is 26.1. The smallest absolute Gasteiger partial charge is 0.149 e. The van der Waals surface area contributed by atoms with Gasteiger partial charge in [0.2, 0.25) is 0 Å². The van der Waals surface area contributed by atoms with Gasteiger partial charge in [-0.3, -0.25) is 4.98 Å². The first-order valence-corrected chi connectivity index (χ1v) is 16.6. The quantitative estimate of drug-likeness (QED) is 0.264. The van der Waals surface area contributed by atoms with E-state index in [0.29, 0.717) is 36.4 Å². The van der Waals surface area contributed by atoms with Gasteiger partial charge < -0.3 is 20.1 Å². The Labute approximate surface area is 256 Å². The Balaban J connectivity index is 1.37. The van der Waals surface area contributed by atoms with Crippen molar-refractivity contribution >= 4 is 21.0 Å². The minimum atomic E-state index is -3.13. The van der Waals surface area contributed by atoms with E-state index in [1.54, 1.807) is 35.2 Å². The molecule has 10 nitrogen and oxygen atoms in total. The summed E-state index contributed by atoms with van der Waals surface area (Å²) in [6.07, 6.45) is 6.36. The number of benzene rings is 1. The molecule has 44 heavy (non-hydrogen) atoms. The number of nitrogens with two attached hydrogens (primary N) is 1. The van der Waals surface area contributed by atoms with E-state index in [1.165, 1.54) is 18.4 Å². The van der Waals surface area contributed by atoms with Gasteiger partial charge >= 0.3 is 0 Å². The summed E-state index contributed by atoms with van der Waals surface area (Å²) in [7, 11) is -3.13. The van der Waals surface area contributed by atoms with Crippen molar-refractivity contribution in [2.24, 2.45) is 11.7 Å². The molecule has 4 heterocycles. The average molecular weight is 629 g/mol. The number of nitrogens with zero attached hydrogens (tertiary/aromatic N) is 5. The summed E-state index contributed by atoms with van der Waals surface area (Å²) >= 11 is 0. The lowest BCUT2D eigenvalue weighted by atomic mass is 9.91. The monoisotopic (exact) mass is 628 g/mol. The predicted octanol–water partition coefficient (Wildman–Crippen LogP) is 3.80. The molecule has 1 saturated heterocycles. The number of pyridine rings is 1. The zero-order valence-electron chi connectivity index (χ0n) is 25.3. The second-order valence-corrected chi connectivity index (χ2v) is 14.0. The second kappa shape index (κ2) is 13.2. The van der Waals surface area contributed by atoms with Crippen LogP contribution in [0.3, 0.4) is 0 Å². The maximum Gasteiger partial charge on any atom is 0.149 e. The van der Waals surface area contributed by atoms with Gasteiger partial charge in [-0.25, -0.2) is 26.7 Å². The van der Waals surface area contributed by atoms with Crippen molar-refractivity contribution in [1.29, 1.82) is 0 Å². The lowest BCUT2D eigenvalue weighted by Gasteiger charge is -2.42. The van der Waals surface area contributed by atoms with Gasteiger partial charge in [0.1, 0.15) is 27.3 Å². The Morgan fingerprint density at radius 3 is 2.55 bits per heavy atom. The highest BCUT2D eigenvalue weighted by molar-refractivity contribution is 7.90. The largest absolute Gasteiger partial charge is 0.375 e. The summed E-state index contributed by atoms with van der Waals surface area (Å²) in [5.41, 5.74) is 9.35. The molecule has 0 saturated carbocycles. The maximum atomic E-state index is 15.1. The van der Waals surface area contributed by atoms with Crippen LogP contribution in [-0.2, 0) is 32.3 Å². The molecule has 3 aromatic heterocycles. The van der Waals surface area contributed by atoms with Crippen LogP contribution in [-0.4, -0.2) is 78.0 Å². The molecule has 236 valence electrons.